The van der Waals surface area contributed by atoms with Gasteiger partial charge < -0.3 is 0 Å². The smallest absolute Gasteiger partial charge is 0.278 e. The molecule has 1 heterocycles. The van der Waals surface area contributed by atoms with Gasteiger partial charge in [-0.15, -0.1) is 0 Å². The summed E-state index contributed by atoms with van der Waals surface area (Å²) in [5.74, 6) is 0. The number of hydrogen-bond donors (Lipinski definition) is 1. The highest BCUT2D eigenvalue weighted by Crippen LogP contribution is 2.25. The number of nitrogens with one attached hydrogen (secondary N) is 1. The Morgan fingerprint density at radius 2 is 1.95 bits per heavy atom. The lowest BCUT2D eigenvalue weighted by Crippen LogP contribution is -2.14. The van der Waals surface area contributed by atoms with Crippen molar-refractivity contribution in [2.75, 3.05) is 4.72 Å². The topological polar surface area (TPSA) is 102 Å². The summed E-state index contributed by atoms with van der Waals surface area (Å²) in [6.07, 6.45) is 2.79. The van der Waals surface area contributed by atoms with Crippen molar-refractivity contribution in [1.29, 1.82) is 0 Å². The first-order valence-electron chi connectivity index (χ1n) is 5.27. The first kappa shape index (κ1) is 14.4. The fourth-order valence-electron chi connectivity index (χ4n) is 1.51. The zero-order valence-electron chi connectivity index (χ0n) is 9.86. The number of nitro groups is 1. The summed E-state index contributed by atoms with van der Waals surface area (Å²) in [7, 11) is -4.06. The number of nitro benzene ring substituents is 1. The number of pyridine rings is 1. The van der Waals surface area contributed by atoms with Gasteiger partial charge in [-0.05, 0) is 28.1 Å². The second-order valence-electron chi connectivity index (χ2n) is 3.72. The maximum atomic E-state index is 12.2. The molecule has 0 atom stereocenters. The van der Waals surface area contributed by atoms with Gasteiger partial charge >= 0.3 is 0 Å². The quantitative estimate of drug-likeness (QED) is 0.668. The Labute approximate surface area is 123 Å². The van der Waals surface area contributed by atoms with E-state index in [1.807, 2.05) is 0 Å². The second-order valence-corrected chi connectivity index (χ2v) is 6.29. The molecule has 2 rings (SSSR count). The van der Waals surface area contributed by atoms with Crippen molar-refractivity contribution in [2.45, 2.75) is 4.90 Å². The molecule has 0 aliphatic carbocycles. The summed E-state index contributed by atoms with van der Waals surface area (Å²) < 4.78 is 27.2. The van der Waals surface area contributed by atoms with Crippen LogP contribution < -0.4 is 4.72 Å². The van der Waals surface area contributed by atoms with Crippen LogP contribution in [0.4, 0.5) is 11.4 Å². The molecule has 0 aliphatic heterocycles. The third kappa shape index (κ3) is 3.11. The molecule has 0 radical (unpaired) electrons. The van der Waals surface area contributed by atoms with Gasteiger partial charge in [0.2, 0.25) is 0 Å². The van der Waals surface area contributed by atoms with Gasteiger partial charge in [-0.2, -0.15) is 0 Å². The number of benzene rings is 1. The van der Waals surface area contributed by atoms with E-state index < -0.39 is 25.5 Å². The molecular weight excluding hydrogens is 350 g/mol. The Bertz CT molecular complexity index is 764. The first-order chi connectivity index (χ1) is 9.40. The van der Waals surface area contributed by atoms with Crippen LogP contribution in [0.25, 0.3) is 0 Å². The Morgan fingerprint density at radius 3 is 2.60 bits per heavy atom. The van der Waals surface area contributed by atoms with E-state index in [1.54, 1.807) is 0 Å². The zero-order valence-corrected chi connectivity index (χ0v) is 12.3. The number of para-hydroxylation sites is 1. The highest BCUT2D eigenvalue weighted by Gasteiger charge is 2.25. The summed E-state index contributed by atoms with van der Waals surface area (Å²) in [4.78, 5) is 13.5. The molecule has 2 aromatic rings. The predicted molar refractivity (Wildman–Crippen MR) is 75.8 cm³/mol. The first-order valence-corrected chi connectivity index (χ1v) is 7.54. The molecule has 0 fully saturated rings. The van der Waals surface area contributed by atoms with E-state index in [4.69, 9.17) is 0 Å². The summed E-state index contributed by atoms with van der Waals surface area (Å²) in [5, 5.41) is 10.9. The van der Waals surface area contributed by atoms with Crippen molar-refractivity contribution >= 4 is 37.3 Å². The third-order valence-electron chi connectivity index (χ3n) is 2.31. The van der Waals surface area contributed by atoms with Crippen LogP contribution >= 0.6 is 15.9 Å². The SMILES string of the molecule is O=[N+]([O-])c1ccccc1S(=O)(=O)Nc1cncc(Br)c1. The fraction of sp³-hybridized carbons (Fsp3) is 0. The van der Waals surface area contributed by atoms with Gasteiger partial charge in [0.25, 0.3) is 15.7 Å². The third-order valence-corrected chi connectivity index (χ3v) is 4.17. The number of halogens is 1. The van der Waals surface area contributed by atoms with Gasteiger partial charge in [0.1, 0.15) is 0 Å². The number of aromatic nitrogens is 1. The predicted octanol–water partition coefficient (Wildman–Crippen LogP) is 2.55. The number of sulfonamides is 1. The molecule has 0 spiro atoms. The minimum absolute atomic E-state index is 0.206. The molecule has 20 heavy (non-hydrogen) atoms. The van der Waals surface area contributed by atoms with Crippen molar-refractivity contribution in [1.82, 2.24) is 4.98 Å². The lowest BCUT2D eigenvalue weighted by molar-refractivity contribution is -0.387. The Kier molecular flexibility index (Phi) is 4.00. The molecule has 7 nitrogen and oxygen atoms in total. The highest BCUT2D eigenvalue weighted by molar-refractivity contribution is 9.10. The van der Waals surface area contributed by atoms with E-state index in [0.717, 1.165) is 6.07 Å². The minimum atomic E-state index is -4.06. The van der Waals surface area contributed by atoms with Crippen LogP contribution in [0.3, 0.4) is 0 Å². The molecule has 0 bridgehead atoms. The molecule has 1 N–H and O–H groups in total. The molecule has 1 aromatic carbocycles. The summed E-state index contributed by atoms with van der Waals surface area (Å²) >= 11 is 3.16. The van der Waals surface area contributed by atoms with Crippen LogP contribution in [0, 0.1) is 10.1 Å². The number of anilines is 1. The van der Waals surface area contributed by atoms with Crippen LogP contribution in [-0.2, 0) is 10.0 Å². The van der Waals surface area contributed by atoms with Crippen LogP contribution in [0.2, 0.25) is 0 Å². The van der Waals surface area contributed by atoms with Gasteiger partial charge in [-0.3, -0.25) is 19.8 Å². The Morgan fingerprint density at radius 1 is 1.25 bits per heavy atom. The van der Waals surface area contributed by atoms with Crippen molar-refractivity contribution in [3.8, 4) is 0 Å². The minimum Gasteiger partial charge on any atom is -0.278 e. The average molecular weight is 358 g/mol. The molecule has 0 saturated carbocycles. The second kappa shape index (κ2) is 5.55. The molecular formula is C11H8BrN3O4S. The van der Waals surface area contributed by atoms with E-state index in [9.17, 15) is 18.5 Å². The number of rotatable bonds is 4. The van der Waals surface area contributed by atoms with Crippen molar-refractivity contribution < 1.29 is 13.3 Å². The van der Waals surface area contributed by atoms with E-state index >= 15 is 0 Å². The summed E-state index contributed by atoms with van der Waals surface area (Å²) in [6, 6.07) is 6.62. The Hall–Kier alpha value is -2.00. The average Bonchev–Trinajstić information content (AvgIpc) is 2.38. The van der Waals surface area contributed by atoms with Crippen molar-refractivity contribution in [3.05, 3.63) is 57.3 Å². The lowest BCUT2D eigenvalue weighted by Gasteiger charge is -2.08. The van der Waals surface area contributed by atoms with Gasteiger partial charge in [0.05, 0.1) is 16.8 Å². The van der Waals surface area contributed by atoms with Crippen LogP contribution in [-0.4, -0.2) is 18.3 Å². The zero-order chi connectivity index (χ0) is 14.8. The normalized spacial score (nSPS) is 11.1. The van der Waals surface area contributed by atoms with Crippen molar-refractivity contribution in [3.63, 3.8) is 0 Å². The standard InChI is InChI=1S/C11H8BrN3O4S/c12-8-5-9(7-13-6-8)14-20(18,19)11-4-2-1-3-10(11)15(16)17/h1-7,14H. The molecule has 0 amide bonds. The maximum Gasteiger partial charge on any atom is 0.289 e. The monoisotopic (exact) mass is 357 g/mol. The van der Waals surface area contributed by atoms with Gasteiger partial charge in [-0.25, -0.2) is 8.42 Å². The lowest BCUT2D eigenvalue weighted by atomic mass is 10.3. The highest BCUT2D eigenvalue weighted by atomic mass is 79.9. The molecule has 104 valence electrons. The number of hydrogen-bond acceptors (Lipinski definition) is 5. The Balaban J connectivity index is 2.44. The van der Waals surface area contributed by atoms with E-state index in [1.165, 1.54) is 36.7 Å². The van der Waals surface area contributed by atoms with Crippen LogP contribution in [0.15, 0.2) is 52.1 Å². The largest absolute Gasteiger partial charge is 0.289 e. The van der Waals surface area contributed by atoms with Crippen LogP contribution in [0.5, 0.6) is 0 Å². The van der Waals surface area contributed by atoms with Crippen LogP contribution in [0.1, 0.15) is 0 Å². The maximum absolute atomic E-state index is 12.2. The van der Waals surface area contributed by atoms with E-state index in [-0.39, 0.29) is 5.69 Å². The molecule has 0 unspecified atom stereocenters. The molecule has 0 saturated heterocycles. The van der Waals surface area contributed by atoms with Gasteiger partial charge in [-0.1, -0.05) is 12.1 Å². The van der Waals surface area contributed by atoms with Gasteiger partial charge in [0, 0.05) is 16.7 Å². The molecule has 1 aromatic heterocycles. The number of nitrogens with zero attached hydrogens (tertiary/aromatic N) is 2. The van der Waals surface area contributed by atoms with Crippen molar-refractivity contribution in [2.24, 2.45) is 0 Å². The fourth-order valence-corrected chi connectivity index (χ4v) is 3.09. The van der Waals surface area contributed by atoms with Gasteiger partial charge in [0.15, 0.2) is 4.90 Å². The summed E-state index contributed by atoms with van der Waals surface area (Å²) in [6.45, 7) is 0. The van der Waals surface area contributed by atoms with E-state index in [0.29, 0.717) is 4.47 Å². The molecule has 9 heteroatoms. The molecule has 0 aliphatic rings. The summed E-state index contributed by atoms with van der Waals surface area (Å²) in [5.41, 5.74) is -0.277. The van der Waals surface area contributed by atoms with E-state index in [2.05, 4.69) is 25.6 Å².